The molecule has 3 aliphatic rings. The van der Waals surface area contributed by atoms with Gasteiger partial charge in [-0.3, -0.25) is 9.69 Å². The standard InChI is InChI=1S/C24H34N4O3/c1-23(2,3)31-22(30)27-12-16-17(13-27)19(16)20(29)26-24(4,5)21-25-11-18-15(14-8-9-14)7-6-10-28(18)21/h6-7,10-11,14,16-17,19,22,30H,8-9,12-13H2,1-5H3,(H,26,29)/t16-,17+,19?,22?. The SMILES string of the molecule is CC(C)(C)OC(O)N1C[C@@H]2C(C(=O)NC(C)(C)c3ncc4c(C5CC5)cccn34)[C@@H]2C1. The van der Waals surface area contributed by atoms with E-state index in [0.29, 0.717) is 19.0 Å². The van der Waals surface area contributed by atoms with Gasteiger partial charge in [0, 0.05) is 25.2 Å². The first kappa shape index (κ1) is 20.9. The highest BCUT2D eigenvalue weighted by molar-refractivity contribution is 5.83. The number of amides is 1. The molecule has 2 aromatic rings. The molecule has 2 saturated carbocycles. The fourth-order valence-corrected chi connectivity index (χ4v) is 5.21. The third-order valence-corrected chi connectivity index (χ3v) is 6.91. The molecule has 2 aromatic heterocycles. The molecule has 3 fully saturated rings. The van der Waals surface area contributed by atoms with Gasteiger partial charge in [-0.15, -0.1) is 0 Å². The molecule has 0 aromatic carbocycles. The smallest absolute Gasteiger partial charge is 0.224 e. The van der Waals surface area contributed by atoms with Crippen molar-refractivity contribution in [2.45, 2.75) is 70.9 Å². The Balaban J connectivity index is 1.24. The van der Waals surface area contributed by atoms with Crippen LogP contribution < -0.4 is 5.32 Å². The Morgan fingerprint density at radius 2 is 1.90 bits per heavy atom. The van der Waals surface area contributed by atoms with Crippen LogP contribution in [-0.2, 0) is 15.1 Å². The van der Waals surface area contributed by atoms with Crippen molar-refractivity contribution in [2.24, 2.45) is 17.8 Å². The van der Waals surface area contributed by atoms with Crippen molar-refractivity contribution < 1.29 is 14.6 Å². The van der Waals surface area contributed by atoms with Gasteiger partial charge < -0.3 is 19.6 Å². The Morgan fingerprint density at radius 1 is 1.23 bits per heavy atom. The molecule has 0 bridgehead atoms. The Morgan fingerprint density at radius 3 is 2.52 bits per heavy atom. The number of piperidine rings is 1. The normalized spacial score (nSPS) is 27.4. The lowest BCUT2D eigenvalue weighted by atomic mass is 10.0. The summed E-state index contributed by atoms with van der Waals surface area (Å²) in [5.74, 6) is 2.17. The van der Waals surface area contributed by atoms with Gasteiger partial charge in [-0.05, 0) is 76.8 Å². The number of nitrogens with zero attached hydrogens (tertiary/aromatic N) is 3. The zero-order valence-electron chi connectivity index (χ0n) is 19.1. The molecule has 2 unspecified atom stereocenters. The maximum atomic E-state index is 13.1. The van der Waals surface area contributed by atoms with Gasteiger partial charge in [0.25, 0.3) is 0 Å². The highest BCUT2D eigenvalue weighted by Gasteiger charge is 2.60. The summed E-state index contributed by atoms with van der Waals surface area (Å²) in [6.07, 6.45) is 5.56. The number of pyridine rings is 1. The van der Waals surface area contributed by atoms with Crippen LogP contribution in [0.15, 0.2) is 24.5 Å². The number of nitrogens with one attached hydrogen (secondary N) is 1. The van der Waals surface area contributed by atoms with Crippen molar-refractivity contribution in [3.63, 3.8) is 0 Å². The minimum atomic E-state index is -0.912. The Hall–Kier alpha value is -1.96. The number of carbonyl (C=O) groups is 1. The minimum absolute atomic E-state index is 0.00520. The monoisotopic (exact) mass is 426 g/mol. The molecule has 168 valence electrons. The number of likely N-dealkylation sites (tertiary alicyclic amines) is 1. The van der Waals surface area contributed by atoms with E-state index in [2.05, 4.69) is 21.9 Å². The summed E-state index contributed by atoms with van der Waals surface area (Å²) in [4.78, 5) is 19.7. The molecule has 1 amide bonds. The third kappa shape index (κ3) is 3.88. The van der Waals surface area contributed by atoms with E-state index >= 15 is 0 Å². The van der Waals surface area contributed by atoms with E-state index in [0.717, 1.165) is 11.3 Å². The average Bonchev–Trinajstić information content (AvgIpc) is 3.53. The second kappa shape index (κ2) is 7.02. The summed E-state index contributed by atoms with van der Waals surface area (Å²) < 4.78 is 7.79. The lowest BCUT2D eigenvalue weighted by Gasteiger charge is -2.31. The van der Waals surface area contributed by atoms with Gasteiger partial charge in [0.05, 0.1) is 22.9 Å². The summed E-state index contributed by atoms with van der Waals surface area (Å²) in [5.41, 5.74) is 1.53. The quantitative estimate of drug-likeness (QED) is 0.695. The number of aliphatic hydroxyl groups excluding tert-OH is 1. The van der Waals surface area contributed by atoms with Crippen LogP contribution in [0.2, 0.25) is 0 Å². The summed E-state index contributed by atoms with van der Waals surface area (Å²) >= 11 is 0. The molecule has 31 heavy (non-hydrogen) atoms. The van der Waals surface area contributed by atoms with Crippen molar-refractivity contribution in [1.29, 1.82) is 0 Å². The molecular weight excluding hydrogens is 392 g/mol. The van der Waals surface area contributed by atoms with Gasteiger partial charge in [0.2, 0.25) is 12.3 Å². The van der Waals surface area contributed by atoms with Crippen molar-refractivity contribution in [1.82, 2.24) is 19.6 Å². The molecule has 0 radical (unpaired) electrons. The summed E-state index contributed by atoms with van der Waals surface area (Å²) in [6, 6.07) is 4.27. The van der Waals surface area contributed by atoms with Crippen LogP contribution in [-0.4, -0.2) is 50.4 Å². The molecule has 1 saturated heterocycles. The molecule has 0 spiro atoms. The molecule has 7 nitrogen and oxygen atoms in total. The van der Waals surface area contributed by atoms with Crippen LogP contribution in [0.1, 0.15) is 64.8 Å². The predicted molar refractivity (Wildman–Crippen MR) is 117 cm³/mol. The van der Waals surface area contributed by atoms with E-state index in [1.165, 1.54) is 18.4 Å². The van der Waals surface area contributed by atoms with Gasteiger partial charge in [0.1, 0.15) is 5.82 Å². The number of aromatic nitrogens is 2. The van der Waals surface area contributed by atoms with Crippen molar-refractivity contribution in [2.75, 3.05) is 13.1 Å². The maximum Gasteiger partial charge on any atom is 0.224 e. The van der Waals surface area contributed by atoms with Gasteiger partial charge >= 0.3 is 0 Å². The first-order valence-corrected chi connectivity index (χ1v) is 11.4. The second-order valence-corrected chi connectivity index (χ2v) is 11.1. The highest BCUT2D eigenvalue weighted by atomic mass is 16.6. The second-order valence-electron chi connectivity index (χ2n) is 11.1. The van der Waals surface area contributed by atoms with E-state index in [1.807, 2.05) is 51.9 Å². The fraction of sp³-hybridized carbons (Fsp3) is 0.667. The van der Waals surface area contributed by atoms with E-state index in [4.69, 9.17) is 9.72 Å². The molecular formula is C24H34N4O3. The first-order valence-electron chi connectivity index (χ1n) is 11.4. The average molecular weight is 427 g/mol. The molecule has 4 atom stereocenters. The fourth-order valence-electron chi connectivity index (χ4n) is 5.21. The number of ether oxygens (including phenoxy) is 1. The molecule has 2 N–H and O–H groups in total. The third-order valence-electron chi connectivity index (χ3n) is 6.91. The van der Waals surface area contributed by atoms with Crippen molar-refractivity contribution in [3.8, 4) is 0 Å². The lowest BCUT2D eigenvalue weighted by Crippen LogP contribution is -2.46. The van der Waals surface area contributed by atoms with Crippen molar-refractivity contribution in [3.05, 3.63) is 35.9 Å². The first-order chi connectivity index (χ1) is 14.5. The zero-order valence-corrected chi connectivity index (χ0v) is 19.1. The summed E-state index contributed by atoms with van der Waals surface area (Å²) in [5, 5.41) is 13.6. The predicted octanol–water partition coefficient (Wildman–Crippen LogP) is 2.83. The van der Waals surface area contributed by atoms with E-state index in [-0.39, 0.29) is 23.7 Å². The Labute approximate surface area is 183 Å². The van der Waals surface area contributed by atoms with Crippen LogP contribution in [0.5, 0.6) is 0 Å². The van der Waals surface area contributed by atoms with Gasteiger partial charge in [-0.1, -0.05) is 6.07 Å². The van der Waals surface area contributed by atoms with Crippen LogP contribution in [0.4, 0.5) is 0 Å². The zero-order chi connectivity index (χ0) is 22.1. The van der Waals surface area contributed by atoms with E-state index in [9.17, 15) is 9.90 Å². The number of hydrogen-bond donors (Lipinski definition) is 2. The minimum Gasteiger partial charge on any atom is -0.356 e. The number of fused-ring (bicyclic) bond motifs is 2. The number of rotatable bonds is 6. The molecule has 2 aliphatic carbocycles. The number of carbonyl (C=O) groups excluding carboxylic acids is 1. The van der Waals surface area contributed by atoms with Crippen LogP contribution >= 0.6 is 0 Å². The molecule has 1 aliphatic heterocycles. The van der Waals surface area contributed by atoms with Crippen LogP contribution in [0, 0.1) is 17.8 Å². The van der Waals surface area contributed by atoms with Crippen LogP contribution in [0.25, 0.3) is 5.52 Å². The molecule has 3 heterocycles. The lowest BCUT2D eigenvalue weighted by molar-refractivity contribution is -0.236. The number of aliphatic hydroxyl groups is 1. The van der Waals surface area contributed by atoms with E-state index in [1.54, 1.807) is 0 Å². The number of hydrogen-bond acceptors (Lipinski definition) is 5. The van der Waals surface area contributed by atoms with Gasteiger partial charge in [-0.2, -0.15) is 0 Å². The molecule has 7 heteroatoms. The Bertz CT molecular complexity index is 992. The Kier molecular flexibility index (Phi) is 4.74. The van der Waals surface area contributed by atoms with Crippen LogP contribution in [0.3, 0.4) is 0 Å². The van der Waals surface area contributed by atoms with Gasteiger partial charge in [0.15, 0.2) is 0 Å². The summed E-state index contributed by atoms with van der Waals surface area (Å²) in [6.45, 7) is 11.2. The van der Waals surface area contributed by atoms with Gasteiger partial charge in [-0.25, -0.2) is 4.98 Å². The highest BCUT2D eigenvalue weighted by Crippen LogP contribution is 2.52. The number of imidazole rings is 1. The maximum absolute atomic E-state index is 13.1. The van der Waals surface area contributed by atoms with Crippen molar-refractivity contribution >= 4 is 11.4 Å². The largest absolute Gasteiger partial charge is 0.356 e. The topological polar surface area (TPSA) is 79.1 Å². The molecule has 5 rings (SSSR count). The van der Waals surface area contributed by atoms with E-state index < -0.39 is 17.6 Å². The summed E-state index contributed by atoms with van der Waals surface area (Å²) in [7, 11) is 0.